The lowest BCUT2D eigenvalue weighted by atomic mass is 10.0. The Balaban J connectivity index is 1.72. The van der Waals surface area contributed by atoms with Crippen LogP contribution in [0.5, 0.6) is 11.5 Å². The van der Waals surface area contributed by atoms with E-state index in [-0.39, 0.29) is 6.04 Å². The fourth-order valence-electron chi connectivity index (χ4n) is 3.36. The third-order valence-electron chi connectivity index (χ3n) is 4.61. The van der Waals surface area contributed by atoms with Crippen molar-refractivity contribution in [1.29, 1.82) is 0 Å². The van der Waals surface area contributed by atoms with Crippen LogP contribution in [0.1, 0.15) is 24.9 Å². The van der Waals surface area contributed by atoms with Crippen LogP contribution in [0.2, 0.25) is 0 Å². The number of hydrogen-bond acceptors (Lipinski definition) is 6. The first kappa shape index (κ1) is 17.5. The predicted octanol–water partition coefficient (Wildman–Crippen LogP) is 5.15. The van der Waals surface area contributed by atoms with E-state index in [9.17, 15) is 0 Å². The molecule has 0 spiro atoms. The minimum Gasteiger partial charge on any atom is -0.493 e. The van der Waals surface area contributed by atoms with Gasteiger partial charge in [-0.15, -0.1) is 11.3 Å². The molecule has 0 saturated heterocycles. The Hall–Kier alpha value is -2.86. The minimum absolute atomic E-state index is 0.0322. The topological polar surface area (TPSA) is 47.0 Å². The van der Waals surface area contributed by atoms with Crippen LogP contribution in [-0.4, -0.2) is 24.9 Å². The number of para-hydroxylation sites is 1. The Kier molecular flexibility index (Phi) is 4.81. The molecule has 4 rings (SSSR count). The summed E-state index contributed by atoms with van der Waals surface area (Å²) in [5, 5.41) is 9.71. The summed E-state index contributed by atoms with van der Waals surface area (Å²) in [4.78, 5) is 4.84. The maximum absolute atomic E-state index is 5.65. The third-order valence-corrected chi connectivity index (χ3v) is 5.44. The molecule has 1 aliphatic heterocycles. The molecule has 1 aliphatic rings. The molecule has 2 heterocycles. The zero-order chi connectivity index (χ0) is 18.8. The normalized spacial score (nSPS) is 16.3. The first-order valence-electron chi connectivity index (χ1n) is 8.76. The van der Waals surface area contributed by atoms with Gasteiger partial charge >= 0.3 is 0 Å². The summed E-state index contributed by atoms with van der Waals surface area (Å²) in [6.45, 7) is 2.05. The highest BCUT2D eigenvalue weighted by atomic mass is 32.1. The molecule has 0 bridgehead atoms. The van der Waals surface area contributed by atoms with Crippen molar-refractivity contribution in [2.75, 3.05) is 19.2 Å². The second-order valence-electron chi connectivity index (χ2n) is 6.36. The Morgan fingerprint density at radius 1 is 1.04 bits per heavy atom. The quantitative estimate of drug-likeness (QED) is 0.615. The van der Waals surface area contributed by atoms with Crippen LogP contribution in [0.25, 0.3) is 11.3 Å². The number of aromatic nitrogens is 1. The standard InChI is InChI=1S/C21H21N3O2S/c1-14-12-18(16-10-7-11-19(25-2)20(16)26-3)24(23-14)21-22-17(13-27-21)15-8-5-4-6-9-15/h4-11,13,18H,12H2,1-3H3/t18-/m0/s1. The van der Waals surface area contributed by atoms with E-state index in [1.54, 1.807) is 25.6 Å². The molecule has 1 atom stereocenters. The van der Waals surface area contributed by atoms with Gasteiger partial charge in [0.05, 0.1) is 26.0 Å². The largest absolute Gasteiger partial charge is 0.493 e. The molecule has 3 aromatic rings. The lowest BCUT2D eigenvalue weighted by Crippen LogP contribution is -2.19. The highest BCUT2D eigenvalue weighted by molar-refractivity contribution is 7.14. The molecule has 0 fully saturated rings. The zero-order valence-electron chi connectivity index (χ0n) is 15.5. The van der Waals surface area contributed by atoms with Crippen molar-refractivity contribution in [3.8, 4) is 22.8 Å². The van der Waals surface area contributed by atoms with Crippen molar-refractivity contribution in [2.45, 2.75) is 19.4 Å². The van der Waals surface area contributed by atoms with Crippen molar-refractivity contribution >= 4 is 22.2 Å². The Morgan fingerprint density at radius 2 is 1.85 bits per heavy atom. The lowest BCUT2D eigenvalue weighted by molar-refractivity contribution is 0.349. The molecule has 0 radical (unpaired) electrons. The summed E-state index contributed by atoms with van der Waals surface area (Å²) in [5.41, 5.74) is 4.19. The molecule has 6 heteroatoms. The number of anilines is 1. The van der Waals surface area contributed by atoms with Crippen LogP contribution in [0.4, 0.5) is 5.13 Å². The summed E-state index contributed by atoms with van der Waals surface area (Å²) in [7, 11) is 3.33. The van der Waals surface area contributed by atoms with Gasteiger partial charge in [-0.05, 0) is 13.0 Å². The van der Waals surface area contributed by atoms with Gasteiger partial charge in [0.15, 0.2) is 11.5 Å². The number of thiazole rings is 1. The number of hydrazone groups is 1. The highest BCUT2D eigenvalue weighted by Gasteiger charge is 2.32. The van der Waals surface area contributed by atoms with Crippen molar-refractivity contribution < 1.29 is 9.47 Å². The van der Waals surface area contributed by atoms with Crippen LogP contribution in [-0.2, 0) is 0 Å². The summed E-state index contributed by atoms with van der Waals surface area (Å²) < 4.78 is 11.1. The van der Waals surface area contributed by atoms with E-state index in [0.717, 1.165) is 45.6 Å². The molecule has 1 aromatic heterocycles. The van der Waals surface area contributed by atoms with Gasteiger partial charge < -0.3 is 9.47 Å². The maximum atomic E-state index is 5.65. The van der Waals surface area contributed by atoms with Crippen molar-refractivity contribution in [3.05, 3.63) is 59.5 Å². The van der Waals surface area contributed by atoms with Crippen molar-refractivity contribution in [3.63, 3.8) is 0 Å². The number of nitrogens with zero attached hydrogens (tertiary/aromatic N) is 3. The molecule has 138 valence electrons. The predicted molar refractivity (Wildman–Crippen MR) is 110 cm³/mol. The zero-order valence-corrected chi connectivity index (χ0v) is 16.4. The smallest absolute Gasteiger partial charge is 0.207 e. The van der Waals surface area contributed by atoms with Gasteiger partial charge in [-0.25, -0.2) is 9.99 Å². The van der Waals surface area contributed by atoms with Crippen LogP contribution < -0.4 is 14.5 Å². The fraction of sp³-hybridized carbons (Fsp3) is 0.238. The van der Waals surface area contributed by atoms with Gasteiger partial charge in [-0.1, -0.05) is 42.5 Å². The monoisotopic (exact) mass is 379 g/mol. The fourth-order valence-corrected chi connectivity index (χ4v) is 4.20. The molecule has 0 N–H and O–H groups in total. The molecule has 0 aliphatic carbocycles. The van der Waals surface area contributed by atoms with E-state index in [1.807, 2.05) is 42.3 Å². The number of methoxy groups -OCH3 is 2. The summed E-state index contributed by atoms with van der Waals surface area (Å²) in [6, 6.07) is 16.2. The van der Waals surface area contributed by atoms with Gasteiger partial charge in [0.2, 0.25) is 5.13 Å². The average molecular weight is 379 g/mol. The third kappa shape index (κ3) is 3.28. The molecule has 27 heavy (non-hydrogen) atoms. The van der Waals surface area contributed by atoms with Crippen molar-refractivity contribution in [2.24, 2.45) is 5.10 Å². The first-order valence-corrected chi connectivity index (χ1v) is 9.64. The first-order chi connectivity index (χ1) is 13.2. The molecular formula is C21H21N3O2S. The summed E-state index contributed by atoms with van der Waals surface area (Å²) in [6.07, 6.45) is 0.823. The molecule has 0 amide bonds. The van der Waals surface area contributed by atoms with Gasteiger partial charge in [0, 0.05) is 28.6 Å². The van der Waals surface area contributed by atoms with E-state index < -0.39 is 0 Å². The molecule has 0 saturated carbocycles. The number of ether oxygens (including phenoxy) is 2. The van der Waals surface area contributed by atoms with Crippen molar-refractivity contribution in [1.82, 2.24) is 4.98 Å². The number of rotatable bonds is 5. The van der Waals surface area contributed by atoms with Crippen LogP contribution in [0.3, 0.4) is 0 Å². The Morgan fingerprint density at radius 3 is 2.59 bits per heavy atom. The van der Waals surface area contributed by atoms with E-state index in [4.69, 9.17) is 19.6 Å². The van der Waals surface area contributed by atoms with Crippen LogP contribution in [0.15, 0.2) is 59.0 Å². The Bertz CT molecular complexity index is 969. The van der Waals surface area contributed by atoms with Gasteiger partial charge in [-0.3, -0.25) is 0 Å². The van der Waals surface area contributed by atoms with Gasteiger partial charge in [0.1, 0.15) is 0 Å². The summed E-state index contributed by atoms with van der Waals surface area (Å²) >= 11 is 1.60. The average Bonchev–Trinajstić information content (AvgIpc) is 3.34. The second kappa shape index (κ2) is 7.40. The highest BCUT2D eigenvalue weighted by Crippen LogP contribution is 2.43. The SMILES string of the molecule is COc1cccc([C@@H]2CC(C)=NN2c2nc(-c3ccccc3)cs2)c1OC. The van der Waals surface area contributed by atoms with Crippen LogP contribution in [0, 0.1) is 0 Å². The second-order valence-corrected chi connectivity index (χ2v) is 7.20. The van der Waals surface area contributed by atoms with E-state index >= 15 is 0 Å². The molecular weight excluding hydrogens is 358 g/mol. The van der Waals surface area contributed by atoms with Gasteiger partial charge in [-0.2, -0.15) is 5.10 Å². The lowest BCUT2D eigenvalue weighted by Gasteiger charge is -2.24. The van der Waals surface area contributed by atoms with E-state index in [0.29, 0.717) is 0 Å². The Labute approximate surface area is 162 Å². The van der Waals surface area contributed by atoms with E-state index in [1.165, 1.54) is 0 Å². The molecule has 2 aromatic carbocycles. The number of benzene rings is 2. The summed E-state index contributed by atoms with van der Waals surface area (Å²) in [5.74, 6) is 1.48. The van der Waals surface area contributed by atoms with Gasteiger partial charge in [0.25, 0.3) is 0 Å². The minimum atomic E-state index is 0.0322. The maximum Gasteiger partial charge on any atom is 0.207 e. The van der Waals surface area contributed by atoms with E-state index in [2.05, 4.69) is 23.6 Å². The number of hydrogen-bond donors (Lipinski definition) is 0. The molecule has 0 unspecified atom stereocenters. The molecule has 5 nitrogen and oxygen atoms in total. The van der Waals surface area contributed by atoms with Crippen LogP contribution >= 0.6 is 11.3 Å².